The van der Waals surface area contributed by atoms with Crippen LogP contribution in [0.25, 0.3) is 0 Å². The van der Waals surface area contributed by atoms with E-state index < -0.39 is 0 Å². The van der Waals surface area contributed by atoms with Gasteiger partial charge in [0, 0.05) is 5.25 Å². The first-order valence-electron chi connectivity index (χ1n) is 3.40. The fraction of sp³-hybridized carbons (Fsp3) is 0.500. The van der Waals surface area contributed by atoms with Gasteiger partial charge in [0.2, 0.25) is 0 Å². The van der Waals surface area contributed by atoms with E-state index in [9.17, 15) is 0 Å². The van der Waals surface area contributed by atoms with Crippen molar-refractivity contribution in [3.8, 4) is 12.1 Å². The monoisotopic (exact) mass is 198 g/mol. The molecule has 0 saturated carbocycles. The molecule has 0 aliphatic carbocycles. The van der Waals surface area contributed by atoms with E-state index in [-0.39, 0.29) is 5.57 Å². The van der Waals surface area contributed by atoms with E-state index in [0.717, 1.165) is 4.24 Å². The number of nitrogens with zero attached hydrogens (tertiary/aromatic N) is 2. The summed E-state index contributed by atoms with van der Waals surface area (Å²) in [5.41, 5.74) is 0.223. The highest BCUT2D eigenvalue weighted by atomic mass is 32.2. The van der Waals surface area contributed by atoms with Crippen LogP contribution in [0.2, 0.25) is 0 Å². The molecule has 0 saturated heterocycles. The maximum atomic E-state index is 8.58. The molecular formula is C8H10N2S2. The largest absolute Gasteiger partial charge is 0.192 e. The van der Waals surface area contributed by atoms with Gasteiger partial charge in [-0.2, -0.15) is 10.5 Å². The summed E-state index contributed by atoms with van der Waals surface area (Å²) in [6.45, 7) is 4.07. The average Bonchev–Trinajstić information content (AvgIpc) is 2.04. The standard InChI is InChI=1S/C8H10N2S2/c1-6(2)12-8(11-3)7(4-9)5-10/h6H,1-3H3. The Balaban J connectivity index is 4.65. The highest BCUT2D eigenvalue weighted by Crippen LogP contribution is 2.32. The number of thioether (sulfide) groups is 2. The lowest BCUT2D eigenvalue weighted by atomic mass is 10.4. The van der Waals surface area contributed by atoms with Gasteiger partial charge in [-0.15, -0.1) is 23.5 Å². The van der Waals surface area contributed by atoms with Crippen LogP contribution in [0.3, 0.4) is 0 Å². The molecule has 2 nitrogen and oxygen atoms in total. The van der Waals surface area contributed by atoms with Gasteiger partial charge in [0.15, 0.2) is 0 Å². The molecule has 0 heterocycles. The smallest absolute Gasteiger partial charge is 0.149 e. The minimum absolute atomic E-state index is 0.223. The first kappa shape index (κ1) is 11.4. The molecule has 0 spiro atoms. The zero-order valence-electron chi connectivity index (χ0n) is 7.29. The van der Waals surface area contributed by atoms with Crippen molar-refractivity contribution in [1.29, 1.82) is 10.5 Å². The highest BCUT2D eigenvalue weighted by molar-refractivity contribution is 8.22. The fourth-order valence-electron chi connectivity index (χ4n) is 0.539. The molecule has 0 atom stereocenters. The van der Waals surface area contributed by atoms with Crippen molar-refractivity contribution >= 4 is 23.5 Å². The van der Waals surface area contributed by atoms with Crippen LogP contribution in [0.1, 0.15) is 13.8 Å². The summed E-state index contributed by atoms with van der Waals surface area (Å²) in [5.74, 6) is 0. The molecule has 0 aromatic rings. The maximum absolute atomic E-state index is 8.58. The molecule has 0 unspecified atom stereocenters. The zero-order chi connectivity index (χ0) is 9.56. The molecule has 0 aliphatic heterocycles. The molecule has 0 radical (unpaired) electrons. The van der Waals surface area contributed by atoms with Crippen molar-refractivity contribution in [2.45, 2.75) is 19.1 Å². The lowest BCUT2D eigenvalue weighted by molar-refractivity contribution is 1.12. The van der Waals surface area contributed by atoms with Gasteiger partial charge in [-0.05, 0) is 6.26 Å². The maximum Gasteiger partial charge on any atom is 0.149 e. The van der Waals surface area contributed by atoms with E-state index >= 15 is 0 Å². The lowest BCUT2D eigenvalue weighted by Crippen LogP contribution is -1.88. The van der Waals surface area contributed by atoms with E-state index in [1.54, 1.807) is 11.8 Å². The van der Waals surface area contributed by atoms with Crippen LogP contribution in [0.15, 0.2) is 9.81 Å². The summed E-state index contributed by atoms with van der Waals surface area (Å²) in [6, 6.07) is 3.77. The Kier molecular flexibility index (Phi) is 5.70. The van der Waals surface area contributed by atoms with E-state index in [1.807, 2.05) is 32.2 Å². The molecule has 0 rings (SSSR count). The van der Waals surface area contributed by atoms with Gasteiger partial charge in [-0.25, -0.2) is 0 Å². The molecule has 12 heavy (non-hydrogen) atoms. The third-order valence-electron chi connectivity index (χ3n) is 0.956. The van der Waals surface area contributed by atoms with Gasteiger partial charge in [0.05, 0.1) is 4.24 Å². The molecule has 0 aliphatic rings. The second-order valence-electron chi connectivity index (χ2n) is 2.26. The molecule has 0 amide bonds. The third kappa shape index (κ3) is 3.71. The van der Waals surface area contributed by atoms with Crippen LogP contribution < -0.4 is 0 Å². The van der Waals surface area contributed by atoms with Crippen molar-refractivity contribution in [3.05, 3.63) is 9.81 Å². The molecule has 64 valence electrons. The Labute approximate surface area is 81.6 Å². The summed E-state index contributed by atoms with van der Waals surface area (Å²) in [7, 11) is 0. The number of rotatable bonds is 3. The van der Waals surface area contributed by atoms with Gasteiger partial charge >= 0.3 is 0 Å². The predicted molar refractivity (Wildman–Crippen MR) is 54.5 cm³/mol. The molecule has 0 N–H and O–H groups in total. The number of nitriles is 2. The van der Waals surface area contributed by atoms with Gasteiger partial charge in [-0.3, -0.25) is 0 Å². The molecule has 0 bridgehead atoms. The zero-order valence-corrected chi connectivity index (χ0v) is 8.92. The topological polar surface area (TPSA) is 47.6 Å². The molecule has 0 fully saturated rings. The average molecular weight is 198 g/mol. The fourth-order valence-corrected chi connectivity index (χ4v) is 2.43. The lowest BCUT2D eigenvalue weighted by Gasteiger charge is -2.05. The van der Waals surface area contributed by atoms with E-state index in [0.29, 0.717) is 5.25 Å². The van der Waals surface area contributed by atoms with Crippen molar-refractivity contribution in [1.82, 2.24) is 0 Å². The Morgan fingerprint density at radius 3 is 2.00 bits per heavy atom. The SMILES string of the molecule is CSC(SC(C)C)=C(C#N)C#N. The van der Waals surface area contributed by atoms with Crippen LogP contribution in [0, 0.1) is 22.7 Å². The van der Waals surface area contributed by atoms with Crippen LogP contribution in [-0.4, -0.2) is 11.5 Å². The van der Waals surface area contributed by atoms with Crippen molar-refractivity contribution in [3.63, 3.8) is 0 Å². The van der Waals surface area contributed by atoms with Crippen molar-refractivity contribution in [2.75, 3.05) is 6.26 Å². The second-order valence-corrected chi connectivity index (χ2v) is 4.92. The number of hydrogen-bond acceptors (Lipinski definition) is 4. The summed E-state index contributed by atoms with van der Waals surface area (Å²) >= 11 is 3.01. The normalized spacial score (nSPS) is 8.83. The third-order valence-corrected chi connectivity index (χ3v) is 3.21. The van der Waals surface area contributed by atoms with Gasteiger partial charge in [-0.1, -0.05) is 13.8 Å². The van der Waals surface area contributed by atoms with Crippen LogP contribution in [0.4, 0.5) is 0 Å². The van der Waals surface area contributed by atoms with Crippen LogP contribution in [-0.2, 0) is 0 Å². The Morgan fingerprint density at radius 2 is 1.75 bits per heavy atom. The Morgan fingerprint density at radius 1 is 1.25 bits per heavy atom. The Hall–Kier alpha value is -0.580. The van der Waals surface area contributed by atoms with E-state index in [1.165, 1.54) is 11.8 Å². The quantitative estimate of drug-likeness (QED) is 0.654. The molecule has 0 aromatic carbocycles. The minimum atomic E-state index is 0.223. The number of allylic oxidation sites excluding steroid dienone is 1. The summed E-state index contributed by atoms with van der Waals surface area (Å²) in [6.07, 6.45) is 1.87. The summed E-state index contributed by atoms with van der Waals surface area (Å²) < 4.78 is 0.815. The first-order valence-corrected chi connectivity index (χ1v) is 5.51. The molecular weight excluding hydrogens is 188 g/mol. The van der Waals surface area contributed by atoms with Gasteiger partial charge in [0.1, 0.15) is 17.7 Å². The van der Waals surface area contributed by atoms with Crippen LogP contribution in [0.5, 0.6) is 0 Å². The highest BCUT2D eigenvalue weighted by Gasteiger charge is 2.07. The molecule has 4 heteroatoms. The minimum Gasteiger partial charge on any atom is -0.192 e. The summed E-state index contributed by atoms with van der Waals surface area (Å²) in [5, 5.41) is 17.6. The van der Waals surface area contributed by atoms with Crippen molar-refractivity contribution < 1.29 is 0 Å². The summed E-state index contributed by atoms with van der Waals surface area (Å²) in [4.78, 5) is 0. The number of hydrogen-bond donors (Lipinski definition) is 0. The van der Waals surface area contributed by atoms with Gasteiger partial charge < -0.3 is 0 Å². The van der Waals surface area contributed by atoms with E-state index in [2.05, 4.69) is 0 Å². The first-order chi connectivity index (χ1) is 5.65. The van der Waals surface area contributed by atoms with Gasteiger partial charge in [0.25, 0.3) is 0 Å². The predicted octanol–water partition coefficient (Wildman–Crippen LogP) is 2.75. The second kappa shape index (κ2) is 5.99. The van der Waals surface area contributed by atoms with Crippen LogP contribution >= 0.6 is 23.5 Å². The van der Waals surface area contributed by atoms with E-state index in [4.69, 9.17) is 10.5 Å². The molecule has 0 aromatic heterocycles. The van der Waals surface area contributed by atoms with Crippen molar-refractivity contribution in [2.24, 2.45) is 0 Å². The Bertz CT molecular complexity index is 239.